The minimum absolute atomic E-state index is 0.0825. The number of carbonyl (C=O) groups excluding carboxylic acids is 1. The van der Waals surface area contributed by atoms with Gasteiger partial charge in [0.05, 0.1) is 0 Å². The summed E-state index contributed by atoms with van der Waals surface area (Å²) in [5.41, 5.74) is 1.09. The number of halogens is 1. The van der Waals surface area contributed by atoms with Crippen LogP contribution in [0.4, 0.5) is 10.1 Å². The number of carbonyl (C=O) groups is 1. The van der Waals surface area contributed by atoms with Crippen molar-refractivity contribution in [2.75, 3.05) is 25.0 Å². The molecule has 3 rings (SSSR count). The van der Waals surface area contributed by atoms with Crippen molar-refractivity contribution in [1.29, 1.82) is 0 Å². The fourth-order valence-corrected chi connectivity index (χ4v) is 3.18. The van der Waals surface area contributed by atoms with Crippen molar-refractivity contribution in [2.45, 2.75) is 31.9 Å². The van der Waals surface area contributed by atoms with Crippen LogP contribution in [0.25, 0.3) is 0 Å². The van der Waals surface area contributed by atoms with Gasteiger partial charge in [-0.1, -0.05) is 12.1 Å². The maximum absolute atomic E-state index is 12.9. The van der Waals surface area contributed by atoms with E-state index in [-0.39, 0.29) is 18.3 Å². The predicted octanol–water partition coefficient (Wildman–Crippen LogP) is 3.19. The molecule has 144 valence electrons. The Morgan fingerprint density at radius 1 is 1.15 bits per heavy atom. The van der Waals surface area contributed by atoms with Crippen molar-refractivity contribution in [1.82, 2.24) is 4.90 Å². The summed E-state index contributed by atoms with van der Waals surface area (Å²) in [6.07, 6.45) is 1.25. The first-order valence-corrected chi connectivity index (χ1v) is 9.12. The van der Waals surface area contributed by atoms with Crippen LogP contribution in [0.2, 0.25) is 0 Å². The molecule has 1 heterocycles. The molecule has 5 nitrogen and oxygen atoms in total. The number of likely N-dealkylation sites (tertiary alicyclic amines) is 1. The van der Waals surface area contributed by atoms with Gasteiger partial charge in [-0.2, -0.15) is 0 Å². The van der Waals surface area contributed by atoms with Crippen LogP contribution in [0.15, 0.2) is 48.5 Å². The Morgan fingerprint density at radius 3 is 2.37 bits per heavy atom. The number of ether oxygens (including phenoxy) is 1. The lowest BCUT2D eigenvalue weighted by Gasteiger charge is -2.38. The van der Waals surface area contributed by atoms with Gasteiger partial charge >= 0.3 is 0 Å². The Labute approximate surface area is 158 Å². The first kappa shape index (κ1) is 19.3. The summed E-state index contributed by atoms with van der Waals surface area (Å²) in [6, 6.07) is 13.6. The smallest absolute Gasteiger partial charge is 0.221 e. The van der Waals surface area contributed by atoms with Gasteiger partial charge in [-0.3, -0.25) is 9.69 Å². The number of aliphatic hydroxyl groups is 1. The molecular formula is C21H25FN2O3. The fourth-order valence-electron chi connectivity index (χ4n) is 3.18. The molecule has 0 saturated carbocycles. The summed E-state index contributed by atoms with van der Waals surface area (Å²) >= 11 is 0. The van der Waals surface area contributed by atoms with Crippen molar-refractivity contribution >= 4 is 11.6 Å². The zero-order valence-corrected chi connectivity index (χ0v) is 15.5. The van der Waals surface area contributed by atoms with Crippen LogP contribution >= 0.6 is 0 Å². The van der Waals surface area contributed by atoms with Crippen LogP contribution in [0.3, 0.4) is 0 Å². The number of amides is 1. The Kier molecular flexibility index (Phi) is 6.08. The molecule has 0 aromatic heterocycles. The lowest BCUT2D eigenvalue weighted by atomic mass is 9.92. The van der Waals surface area contributed by atoms with E-state index in [0.717, 1.165) is 30.9 Å². The topological polar surface area (TPSA) is 61.8 Å². The molecule has 27 heavy (non-hydrogen) atoms. The Balaban J connectivity index is 1.46. The first-order chi connectivity index (χ1) is 12.9. The molecule has 1 aliphatic heterocycles. The summed E-state index contributed by atoms with van der Waals surface area (Å²) in [5, 5.41) is 13.5. The largest absolute Gasteiger partial charge is 0.491 e. The van der Waals surface area contributed by atoms with E-state index in [1.165, 1.54) is 19.1 Å². The van der Waals surface area contributed by atoms with Crippen molar-refractivity contribution in [2.24, 2.45) is 0 Å². The predicted molar refractivity (Wildman–Crippen MR) is 102 cm³/mol. The molecule has 0 spiro atoms. The van der Waals surface area contributed by atoms with Crippen LogP contribution in [-0.4, -0.2) is 41.2 Å². The molecule has 1 saturated heterocycles. The van der Waals surface area contributed by atoms with Gasteiger partial charge in [-0.05, 0) is 54.8 Å². The summed E-state index contributed by atoms with van der Waals surface area (Å²) in [6.45, 7) is 4.04. The third-order valence-corrected chi connectivity index (χ3v) is 4.79. The number of anilines is 1. The third-order valence-electron chi connectivity index (χ3n) is 4.79. The lowest BCUT2D eigenvalue weighted by Crippen LogP contribution is -2.47. The first-order valence-electron chi connectivity index (χ1n) is 9.12. The van der Waals surface area contributed by atoms with E-state index >= 15 is 0 Å². The van der Waals surface area contributed by atoms with Gasteiger partial charge in [0.25, 0.3) is 0 Å². The number of nitrogens with one attached hydrogen (secondary N) is 1. The van der Waals surface area contributed by atoms with Gasteiger partial charge in [0.1, 0.15) is 23.8 Å². The lowest BCUT2D eigenvalue weighted by molar-refractivity contribution is -0.114. The molecule has 0 atom stereocenters. The Hall–Kier alpha value is -2.44. The zero-order valence-electron chi connectivity index (χ0n) is 15.5. The molecule has 0 radical (unpaired) electrons. The fraction of sp³-hybridized carbons (Fsp3) is 0.381. The molecule has 1 amide bonds. The van der Waals surface area contributed by atoms with E-state index in [1.54, 1.807) is 12.1 Å². The Bertz CT molecular complexity index is 754. The van der Waals surface area contributed by atoms with Crippen molar-refractivity contribution in [3.8, 4) is 5.75 Å². The average molecular weight is 372 g/mol. The second kappa shape index (κ2) is 8.50. The quantitative estimate of drug-likeness (QED) is 0.818. The van der Waals surface area contributed by atoms with Crippen molar-refractivity contribution in [3.05, 3.63) is 59.9 Å². The molecular weight excluding hydrogens is 347 g/mol. The van der Waals surface area contributed by atoms with Gasteiger partial charge in [0.2, 0.25) is 5.91 Å². The van der Waals surface area contributed by atoms with E-state index in [2.05, 4.69) is 10.2 Å². The van der Waals surface area contributed by atoms with Crippen LogP contribution in [-0.2, 0) is 11.3 Å². The maximum atomic E-state index is 12.9. The van der Waals surface area contributed by atoms with Crippen LogP contribution in [0.5, 0.6) is 5.75 Å². The highest BCUT2D eigenvalue weighted by molar-refractivity contribution is 5.88. The third kappa shape index (κ3) is 5.77. The zero-order chi connectivity index (χ0) is 19.3. The standard InChI is InChI=1S/C21H25FN2O3/c1-16(25)23-19-6-2-17(3-7-19)14-24-12-10-21(26,11-13-24)15-27-20-8-4-18(22)5-9-20/h2-9,26H,10-15H2,1H3,(H,23,25). The number of hydrogen-bond acceptors (Lipinski definition) is 4. The number of nitrogens with zero attached hydrogens (tertiary/aromatic N) is 1. The second-order valence-electron chi connectivity index (χ2n) is 7.12. The summed E-state index contributed by atoms with van der Waals surface area (Å²) in [4.78, 5) is 13.4. The van der Waals surface area contributed by atoms with E-state index in [1.807, 2.05) is 24.3 Å². The van der Waals surface area contributed by atoms with E-state index in [9.17, 15) is 14.3 Å². The average Bonchev–Trinajstić information content (AvgIpc) is 2.65. The summed E-state index contributed by atoms with van der Waals surface area (Å²) < 4.78 is 18.6. The number of piperidine rings is 1. The Morgan fingerprint density at radius 2 is 1.78 bits per heavy atom. The highest BCUT2D eigenvalue weighted by atomic mass is 19.1. The number of benzene rings is 2. The van der Waals surface area contributed by atoms with E-state index in [0.29, 0.717) is 18.6 Å². The number of hydrogen-bond donors (Lipinski definition) is 2. The van der Waals surface area contributed by atoms with Crippen molar-refractivity contribution < 1.29 is 19.0 Å². The van der Waals surface area contributed by atoms with Gasteiger partial charge in [0, 0.05) is 32.2 Å². The monoisotopic (exact) mass is 372 g/mol. The molecule has 2 N–H and O–H groups in total. The molecule has 0 bridgehead atoms. The minimum atomic E-state index is -0.861. The minimum Gasteiger partial charge on any atom is -0.491 e. The van der Waals surface area contributed by atoms with Gasteiger partial charge in [0.15, 0.2) is 0 Å². The summed E-state index contributed by atoms with van der Waals surface area (Å²) in [5.74, 6) is 0.173. The second-order valence-corrected chi connectivity index (χ2v) is 7.12. The summed E-state index contributed by atoms with van der Waals surface area (Å²) in [7, 11) is 0. The highest BCUT2D eigenvalue weighted by Gasteiger charge is 2.33. The van der Waals surface area contributed by atoms with Crippen LogP contribution < -0.4 is 10.1 Å². The van der Waals surface area contributed by atoms with Gasteiger partial charge in [-0.25, -0.2) is 4.39 Å². The normalized spacial score (nSPS) is 16.7. The molecule has 0 unspecified atom stereocenters. The number of rotatable bonds is 6. The maximum Gasteiger partial charge on any atom is 0.221 e. The molecule has 1 fully saturated rings. The van der Waals surface area contributed by atoms with Crippen LogP contribution in [0, 0.1) is 5.82 Å². The van der Waals surface area contributed by atoms with Crippen LogP contribution in [0.1, 0.15) is 25.3 Å². The van der Waals surface area contributed by atoms with E-state index in [4.69, 9.17) is 4.74 Å². The molecule has 0 aliphatic carbocycles. The SMILES string of the molecule is CC(=O)Nc1ccc(CN2CCC(O)(COc3ccc(F)cc3)CC2)cc1. The molecule has 2 aromatic carbocycles. The highest BCUT2D eigenvalue weighted by Crippen LogP contribution is 2.25. The van der Waals surface area contributed by atoms with E-state index < -0.39 is 5.60 Å². The van der Waals surface area contributed by atoms with Crippen molar-refractivity contribution in [3.63, 3.8) is 0 Å². The molecule has 1 aliphatic rings. The molecule has 2 aromatic rings. The van der Waals surface area contributed by atoms with Gasteiger partial charge < -0.3 is 15.2 Å². The molecule has 6 heteroatoms. The van der Waals surface area contributed by atoms with Gasteiger partial charge in [-0.15, -0.1) is 0 Å².